The van der Waals surface area contributed by atoms with Crippen molar-refractivity contribution in [2.75, 3.05) is 18.4 Å². The topological polar surface area (TPSA) is 63.8 Å². The van der Waals surface area contributed by atoms with E-state index in [-0.39, 0.29) is 0 Å². The maximum absolute atomic E-state index is 5.45. The van der Waals surface area contributed by atoms with Crippen LogP contribution >= 0.6 is 11.3 Å². The van der Waals surface area contributed by atoms with Gasteiger partial charge in [-0.1, -0.05) is 48.1 Å². The van der Waals surface area contributed by atoms with Crippen molar-refractivity contribution in [2.45, 2.75) is 19.3 Å². The zero-order valence-electron chi connectivity index (χ0n) is 10.3. The Morgan fingerprint density at radius 1 is 1.06 bits per heavy atom. The molecule has 2 aromatic rings. The third-order valence-corrected chi connectivity index (χ3v) is 3.53. The monoisotopic (exact) mass is 262 g/mol. The van der Waals surface area contributed by atoms with Crippen molar-refractivity contribution in [3.63, 3.8) is 0 Å². The molecule has 0 spiro atoms. The number of benzene rings is 1. The maximum Gasteiger partial charge on any atom is 0.206 e. The van der Waals surface area contributed by atoms with Crippen molar-refractivity contribution in [1.82, 2.24) is 10.2 Å². The number of nitrogens with zero attached hydrogens (tertiary/aromatic N) is 2. The summed E-state index contributed by atoms with van der Waals surface area (Å²) in [6, 6.07) is 10.1. The number of rotatable bonds is 7. The van der Waals surface area contributed by atoms with Crippen molar-refractivity contribution in [1.29, 1.82) is 0 Å². The summed E-state index contributed by atoms with van der Waals surface area (Å²) in [6.07, 6.45) is 3.37. The molecule has 0 amide bonds. The summed E-state index contributed by atoms with van der Waals surface area (Å²) in [5.74, 6) is 0. The third kappa shape index (κ3) is 3.78. The zero-order chi connectivity index (χ0) is 12.6. The highest BCUT2D eigenvalue weighted by Crippen LogP contribution is 2.25. The van der Waals surface area contributed by atoms with Gasteiger partial charge >= 0.3 is 0 Å². The summed E-state index contributed by atoms with van der Waals surface area (Å²) in [7, 11) is 0. The lowest BCUT2D eigenvalue weighted by Gasteiger charge is -2.00. The molecule has 4 nitrogen and oxygen atoms in total. The van der Waals surface area contributed by atoms with Crippen molar-refractivity contribution in [3.05, 3.63) is 30.3 Å². The molecule has 1 aromatic carbocycles. The minimum Gasteiger partial charge on any atom is -0.360 e. The van der Waals surface area contributed by atoms with E-state index in [2.05, 4.69) is 15.5 Å². The molecule has 0 unspecified atom stereocenters. The largest absolute Gasteiger partial charge is 0.360 e. The molecular formula is C13H18N4S. The van der Waals surface area contributed by atoms with Crippen LogP contribution in [0.25, 0.3) is 10.6 Å². The highest BCUT2D eigenvalue weighted by atomic mass is 32.1. The van der Waals surface area contributed by atoms with E-state index < -0.39 is 0 Å². The predicted molar refractivity (Wildman–Crippen MR) is 76.7 cm³/mol. The van der Waals surface area contributed by atoms with Gasteiger partial charge in [0.25, 0.3) is 0 Å². The van der Waals surface area contributed by atoms with Crippen LogP contribution in [0.4, 0.5) is 5.13 Å². The Labute approximate surface area is 111 Å². The summed E-state index contributed by atoms with van der Waals surface area (Å²) >= 11 is 1.59. The quantitative estimate of drug-likeness (QED) is 0.753. The van der Waals surface area contributed by atoms with Gasteiger partial charge < -0.3 is 11.1 Å². The Hall–Kier alpha value is -1.46. The van der Waals surface area contributed by atoms with Gasteiger partial charge in [0.1, 0.15) is 5.01 Å². The second-order valence-electron chi connectivity index (χ2n) is 4.05. The van der Waals surface area contributed by atoms with Gasteiger partial charge in [0.05, 0.1) is 0 Å². The van der Waals surface area contributed by atoms with Gasteiger partial charge in [-0.2, -0.15) is 0 Å². The van der Waals surface area contributed by atoms with Crippen LogP contribution in [0, 0.1) is 0 Å². The highest BCUT2D eigenvalue weighted by Gasteiger charge is 2.04. The average molecular weight is 262 g/mol. The SMILES string of the molecule is NCCCCCNc1nnc(-c2ccccc2)s1. The fraction of sp³-hybridized carbons (Fsp3) is 0.385. The molecule has 1 aromatic heterocycles. The fourth-order valence-corrected chi connectivity index (χ4v) is 2.41. The average Bonchev–Trinajstić information content (AvgIpc) is 2.88. The number of nitrogens with one attached hydrogen (secondary N) is 1. The number of aromatic nitrogens is 2. The molecule has 0 atom stereocenters. The van der Waals surface area contributed by atoms with E-state index in [0.717, 1.165) is 48.1 Å². The van der Waals surface area contributed by atoms with E-state index in [9.17, 15) is 0 Å². The molecule has 5 heteroatoms. The molecule has 2 rings (SSSR count). The van der Waals surface area contributed by atoms with Crippen LogP contribution in [-0.4, -0.2) is 23.3 Å². The Balaban J connectivity index is 1.83. The highest BCUT2D eigenvalue weighted by molar-refractivity contribution is 7.18. The smallest absolute Gasteiger partial charge is 0.206 e. The molecular weight excluding hydrogens is 244 g/mol. The number of hydrogen-bond donors (Lipinski definition) is 2. The van der Waals surface area contributed by atoms with Crippen molar-refractivity contribution < 1.29 is 0 Å². The molecule has 0 bridgehead atoms. The van der Waals surface area contributed by atoms with Crippen LogP contribution < -0.4 is 11.1 Å². The molecule has 0 fully saturated rings. The van der Waals surface area contributed by atoms with Gasteiger partial charge in [0, 0.05) is 12.1 Å². The molecule has 96 valence electrons. The molecule has 0 aliphatic heterocycles. The summed E-state index contributed by atoms with van der Waals surface area (Å²) in [5.41, 5.74) is 6.57. The summed E-state index contributed by atoms with van der Waals surface area (Å²) in [6.45, 7) is 1.71. The standard InChI is InChI=1S/C13H18N4S/c14-9-5-2-6-10-15-13-17-16-12(18-13)11-7-3-1-4-8-11/h1,3-4,7-8H,2,5-6,9-10,14H2,(H,15,17). The summed E-state index contributed by atoms with van der Waals surface area (Å²) in [5, 5.41) is 13.5. The number of hydrogen-bond acceptors (Lipinski definition) is 5. The zero-order valence-corrected chi connectivity index (χ0v) is 11.1. The van der Waals surface area contributed by atoms with Gasteiger partial charge in [-0.05, 0) is 19.4 Å². The summed E-state index contributed by atoms with van der Waals surface area (Å²) in [4.78, 5) is 0. The van der Waals surface area contributed by atoms with Crippen LogP contribution in [0.15, 0.2) is 30.3 Å². The minimum absolute atomic E-state index is 0.775. The third-order valence-electron chi connectivity index (χ3n) is 2.60. The van der Waals surface area contributed by atoms with Gasteiger partial charge in [-0.25, -0.2) is 0 Å². The first kappa shape index (κ1) is 13.0. The fourth-order valence-electron chi connectivity index (χ4n) is 1.63. The lowest BCUT2D eigenvalue weighted by atomic mass is 10.2. The van der Waals surface area contributed by atoms with Gasteiger partial charge in [-0.3, -0.25) is 0 Å². The maximum atomic E-state index is 5.45. The van der Waals surface area contributed by atoms with Crippen molar-refractivity contribution in [2.24, 2.45) is 5.73 Å². The second-order valence-corrected chi connectivity index (χ2v) is 5.03. The van der Waals surface area contributed by atoms with Gasteiger partial charge in [0.2, 0.25) is 5.13 Å². The molecule has 0 saturated carbocycles. The van der Waals surface area contributed by atoms with Gasteiger partial charge in [-0.15, -0.1) is 10.2 Å². The van der Waals surface area contributed by atoms with E-state index in [0.29, 0.717) is 0 Å². The lowest BCUT2D eigenvalue weighted by Crippen LogP contribution is -2.03. The molecule has 0 saturated heterocycles. The number of unbranched alkanes of at least 4 members (excludes halogenated alkanes) is 2. The second kappa shape index (κ2) is 7.08. The molecule has 18 heavy (non-hydrogen) atoms. The Morgan fingerprint density at radius 3 is 2.67 bits per heavy atom. The summed E-state index contributed by atoms with van der Waals surface area (Å²) < 4.78 is 0. The minimum atomic E-state index is 0.775. The number of anilines is 1. The van der Waals surface area contributed by atoms with Crippen LogP contribution in [0.1, 0.15) is 19.3 Å². The molecule has 0 radical (unpaired) electrons. The Morgan fingerprint density at radius 2 is 1.89 bits per heavy atom. The van der Waals surface area contributed by atoms with E-state index >= 15 is 0 Å². The first-order valence-electron chi connectivity index (χ1n) is 6.23. The van der Waals surface area contributed by atoms with Crippen LogP contribution in [0.5, 0.6) is 0 Å². The van der Waals surface area contributed by atoms with E-state index in [4.69, 9.17) is 5.73 Å². The first-order chi connectivity index (χ1) is 8.90. The molecule has 1 heterocycles. The van der Waals surface area contributed by atoms with Crippen molar-refractivity contribution >= 4 is 16.5 Å². The molecule has 0 aliphatic carbocycles. The predicted octanol–water partition coefficient (Wildman–Crippen LogP) is 2.75. The van der Waals surface area contributed by atoms with Gasteiger partial charge in [0.15, 0.2) is 0 Å². The van der Waals surface area contributed by atoms with Crippen LogP contribution in [0.3, 0.4) is 0 Å². The van der Waals surface area contributed by atoms with E-state index in [1.54, 1.807) is 11.3 Å². The number of nitrogens with two attached hydrogens (primary N) is 1. The van der Waals surface area contributed by atoms with E-state index in [1.807, 2.05) is 30.3 Å². The molecule has 3 N–H and O–H groups in total. The Kier molecular flexibility index (Phi) is 5.11. The normalized spacial score (nSPS) is 10.5. The first-order valence-corrected chi connectivity index (χ1v) is 7.04. The lowest BCUT2D eigenvalue weighted by molar-refractivity contribution is 0.706. The van der Waals surface area contributed by atoms with Crippen LogP contribution in [0.2, 0.25) is 0 Å². The van der Waals surface area contributed by atoms with Crippen molar-refractivity contribution in [3.8, 4) is 10.6 Å². The molecule has 0 aliphatic rings. The van der Waals surface area contributed by atoms with Crippen LogP contribution in [-0.2, 0) is 0 Å². The van der Waals surface area contributed by atoms with E-state index in [1.165, 1.54) is 0 Å². The Bertz CT molecular complexity index is 455.